The average molecular weight is 411 g/mol. The molecule has 0 heterocycles. The van der Waals surface area contributed by atoms with Crippen LogP contribution in [0.2, 0.25) is 0 Å². The maximum Gasteiger partial charge on any atom is 0.119 e. The molecule has 1 atom stereocenters. The van der Waals surface area contributed by atoms with E-state index in [1.165, 1.54) is 16.7 Å². The molecule has 0 bridgehead atoms. The van der Waals surface area contributed by atoms with E-state index in [1.807, 2.05) is 12.1 Å². The van der Waals surface area contributed by atoms with Gasteiger partial charge in [0.15, 0.2) is 0 Å². The average Bonchev–Trinajstić information content (AvgIpc) is 2.81. The zero-order chi connectivity index (χ0) is 21.0. The molecule has 0 radical (unpaired) electrons. The molecule has 2 aromatic carbocycles. The molecule has 2 aromatic rings. The summed E-state index contributed by atoms with van der Waals surface area (Å²) in [6.45, 7) is 1.75. The van der Waals surface area contributed by atoms with Crippen LogP contribution in [0.1, 0.15) is 62.0 Å². The van der Waals surface area contributed by atoms with Crippen LogP contribution >= 0.6 is 0 Å². The molecule has 1 unspecified atom stereocenters. The smallest absolute Gasteiger partial charge is 0.119 e. The Bertz CT molecular complexity index is 765. The van der Waals surface area contributed by atoms with Crippen molar-refractivity contribution >= 4 is 5.57 Å². The number of hydrogen-bond acceptors (Lipinski definition) is 4. The second-order valence-corrected chi connectivity index (χ2v) is 7.85. The molecule has 0 aliphatic heterocycles. The SMILES string of the molecule is OCCCCOc1ccc(C2=CCC(c3ccc(OCCCCO)cc3)CC2)cc1. The molecule has 162 valence electrons. The van der Waals surface area contributed by atoms with Crippen LogP contribution in [0.4, 0.5) is 0 Å². The Morgan fingerprint density at radius 2 is 1.30 bits per heavy atom. The highest BCUT2D eigenvalue weighted by Gasteiger charge is 2.17. The molecule has 0 fully saturated rings. The van der Waals surface area contributed by atoms with Crippen LogP contribution in [0.3, 0.4) is 0 Å². The molecule has 0 saturated heterocycles. The van der Waals surface area contributed by atoms with E-state index in [-0.39, 0.29) is 13.2 Å². The van der Waals surface area contributed by atoms with E-state index < -0.39 is 0 Å². The standard InChI is InChI=1S/C26H34O4/c27-17-1-3-19-29-25-13-9-23(10-14-25)21-5-7-22(8-6-21)24-11-15-26(16-12-24)30-20-4-2-18-28/h5,9-16,22,27-28H,1-4,6-8,17-20H2. The van der Waals surface area contributed by atoms with Gasteiger partial charge in [0.2, 0.25) is 0 Å². The van der Waals surface area contributed by atoms with E-state index in [0.29, 0.717) is 19.1 Å². The van der Waals surface area contributed by atoms with Crippen molar-refractivity contribution in [2.24, 2.45) is 0 Å². The van der Waals surface area contributed by atoms with Gasteiger partial charge in [0.05, 0.1) is 13.2 Å². The Kier molecular flexibility index (Phi) is 9.26. The molecule has 2 N–H and O–H groups in total. The monoisotopic (exact) mass is 410 g/mol. The van der Waals surface area contributed by atoms with Crippen molar-refractivity contribution in [2.45, 2.75) is 50.9 Å². The summed E-state index contributed by atoms with van der Waals surface area (Å²) in [6.07, 6.45) is 9.01. The lowest BCUT2D eigenvalue weighted by Crippen LogP contribution is -2.04. The van der Waals surface area contributed by atoms with Crippen molar-refractivity contribution in [1.82, 2.24) is 0 Å². The predicted octanol–water partition coefficient (Wildman–Crippen LogP) is 5.34. The minimum absolute atomic E-state index is 0.223. The van der Waals surface area contributed by atoms with E-state index in [0.717, 1.165) is 56.4 Å². The van der Waals surface area contributed by atoms with Gasteiger partial charge in [-0.25, -0.2) is 0 Å². The highest BCUT2D eigenvalue weighted by atomic mass is 16.5. The molecule has 0 spiro atoms. The first-order chi connectivity index (χ1) is 14.8. The van der Waals surface area contributed by atoms with Crippen LogP contribution in [-0.4, -0.2) is 36.6 Å². The van der Waals surface area contributed by atoms with Crippen LogP contribution < -0.4 is 9.47 Å². The van der Waals surface area contributed by atoms with Crippen molar-refractivity contribution < 1.29 is 19.7 Å². The zero-order valence-electron chi connectivity index (χ0n) is 17.8. The number of hydrogen-bond donors (Lipinski definition) is 2. The Balaban J connectivity index is 1.48. The van der Waals surface area contributed by atoms with Crippen LogP contribution in [0.5, 0.6) is 11.5 Å². The number of ether oxygens (including phenoxy) is 2. The maximum atomic E-state index is 8.82. The van der Waals surface area contributed by atoms with Crippen molar-refractivity contribution in [2.75, 3.05) is 26.4 Å². The third-order valence-corrected chi connectivity index (χ3v) is 5.63. The van der Waals surface area contributed by atoms with Crippen molar-refractivity contribution in [3.8, 4) is 11.5 Å². The van der Waals surface area contributed by atoms with Gasteiger partial charge >= 0.3 is 0 Å². The summed E-state index contributed by atoms with van der Waals surface area (Å²) in [7, 11) is 0. The zero-order valence-corrected chi connectivity index (χ0v) is 17.8. The van der Waals surface area contributed by atoms with E-state index in [1.54, 1.807) is 0 Å². The summed E-state index contributed by atoms with van der Waals surface area (Å²) < 4.78 is 11.4. The van der Waals surface area contributed by atoms with Gasteiger partial charge in [-0.15, -0.1) is 0 Å². The van der Waals surface area contributed by atoms with Gasteiger partial charge in [0.1, 0.15) is 11.5 Å². The lowest BCUT2D eigenvalue weighted by molar-refractivity contribution is 0.253. The highest BCUT2D eigenvalue weighted by Crippen LogP contribution is 2.36. The lowest BCUT2D eigenvalue weighted by atomic mass is 9.83. The van der Waals surface area contributed by atoms with E-state index in [2.05, 4.69) is 42.5 Å². The Morgan fingerprint density at radius 1 is 0.733 bits per heavy atom. The Hall–Kier alpha value is -2.30. The molecule has 0 saturated carbocycles. The summed E-state index contributed by atoms with van der Waals surface area (Å²) in [5.41, 5.74) is 4.07. The van der Waals surface area contributed by atoms with Gasteiger partial charge in [-0.3, -0.25) is 0 Å². The summed E-state index contributed by atoms with van der Waals surface area (Å²) in [5.74, 6) is 2.36. The minimum Gasteiger partial charge on any atom is -0.494 e. The van der Waals surface area contributed by atoms with Gasteiger partial charge in [-0.2, -0.15) is 0 Å². The minimum atomic E-state index is 0.223. The van der Waals surface area contributed by atoms with Gasteiger partial charge in [0, 0.05) is 13.2 Å². The molecule has 30 heavy (non-hydrogen) atoms. The van der Waals surface area contributed by atoms with Gasteiger partial charge in [0.25, 0.3) is 0 Å². The first kappa shape index (κ1) is 22.4. The van der Waals surface area contributed by atoms with Crippen molar-refractivity contribution in [1.29, 1.82) is 0 Å². The number of benzene rings is 2. The van der Waals surface area contributed by atoms with Crippen LogP contribution in [-0.2, 0) is 0 Å². The van der Waals surface area contributed by atoms with Gasteiger partial charge in [-0.05, 0) is 91.8 Å². The third kappa shape index (κ3) is 6.89. The number of aliphatic hydroxyl groups excluding tert-OH is 2. The van der Waals surface area contributed by atoms with Crippen LogP contribution in [0.15, 0.2) is 54.6 Å². The lowest BCUT2D eigenvalue weighted by Gasteiger charge is -2.23. The number of allylic oxidation sites excluding steroid dienone is 2. The molecule has 4 heteroatoms. The topological polar surface area (TPSA) is 58.9 Å². The molecule has 1 aliphatic rings. The number of aliphatic hydroxyl groups is 2. The van der Waals surface area contributed by atoms with Crippen molar-refractivity contribution in [3.63, 3.8) is 0 Å². The molecule has 3 rings (SSSR count). The number of rotatable bonds is 12. The molecule has 0 amide bonds. The molecular weight excluding hydrogens is 376 g/mol. The van der Waals surface area contributed by atoms with E-state index >= 15 is 0 Å². The molecular formula is C26H34O4. The first-order valence-corrected chi connectivity index (χ1v) is 11.2. The Labute approximate surface area is 180 Å². The molecule has 0 aromatic heterocycles. The highest BCUT2D eigenvalue weighted by molar-refractivity contribution is 5.67. The summed E-state index contributed by atoms with van der Waals surface area (Å²) in [6, 6.07) is 16.9. The van der Waals surface area contributed by atoms with E-state index in [9.17, 15) is 0 Å². The molecule has 1 aliphatic carbocycles. The Morgan fingerprint density at radius 3 is 1.80 bits per heavy atom. The van der Waals surface area contributed by atoms with Gasteiger partial charge in [-0.1, -0.05) is 30.3 Å². The van der Waals surface area contributed by atoms with Gasteiger partial charge < -0.3 is 19.7 Å². The van der Waals surface area contributed by atoms with Crippen molar-refractivity contribution in [3.05, 3.63) is 65.7 Å². The summed E-state index contributed by atoms with van der Waals surface area (Å²) >= 11 is 0. The quantitative estimate of drug-likeness (QED) is 0.464. The number of unbranched alkanes of at least 4 members (excludes halogenated alkanes) is 2. The molecule has 4 nitrogen and oxygen atoms in total. The normalized spacial score (nSPS) is 16.2. The van der Waals surface area contributed by atoms with Crippen LogP contribution in [0.25, 0.3) is 5.57 Å². The summed E-state index contributed by atoms with van der Waals surface area (Å²) in [4.78, 5) is 0. The fourth-order valence-electron chi connectivity index (χ4n) is 3.81. The fraction of sp³-hybridized carbons (Fsp3) is 0.462. The first-order valence-electron chi connectivity index (χ1n) is 11.2. The van der Waals surface area contributed by atoms with Crippen LogP contribution in [0, 0.1) is 0 Å². The largest absolute Gasteiger partial charge is 0.494 e. The predicted molar refractivity (Wildman–Crippen MR) is 121 cm³/mol. The van der Waals surface area contributed by atoms with E-state index in [4.69, 9.17) is 19.7 Å². The maximum absolute atomic E-state index is 8.82. The summed E-state index contributed by atoms with van der Waals surface area (Å²) in [5, 5.41) is 17.6. The second-order valence-electron chi connectivity index (χ2n) is 7.85. The second kappa shape index (κ2) is 12.4. The fourth-order valence-corrected chi connectivity index (χ4v) is 3.81. The third-order valence-electron chi connectivity index (χ3n) is 5.63.